The third kappa shape index (κ3) is 3.80. The van der Waals surface area contributed by atoms with Crippen LogP contribution < -0.4 is 0 Å². The van der Waals surface area contributed by atoms with Gasteiger partial charge in [0.15, 0.2) is 5.78 Å². The van der Waals surface area contributed by atoms with E-state index in [4.69, 9.17) is 4.74 Å². The number of hydrogen-bond donors (Lipinski definition) is 0. The molecule has 0 N–H and O–H groups in total. The topological polar surface area (TPSA) is 46.6 Å². The van der Waals surface area contributed by atoms with Gasteiger partial charge < -0.3 is 9.64 Å². The minimum Gasteiger partial charge on any atom is -0.444 e. The van der Waals surface area contributed by atoms with Crippen molar-refractivity contribution in [1.29, 1.82) is 0 Å². The number of rotatable bonds is 3. The zero-order valence-corrected chi connectivity index (χ0v) is 14.8. The van der Waals surface area contributed by atoms with E-state index >= 15 is 0 Å². The quantitative estimate of drug-likeness (QED) is 0.770. The lowest BCUT2D eigenvalue weighted by molar-refractivity contribution is 0.00203. The van der Waals surface area contributed by atoms with Crippen LogP contribution in [0, 0.1) is 5.92 Å². The Hall–Kier alpha value is -1.84. The summed E-state index contributed by atoms with van der Waals surface area (Å²) in [4.78, 5) is 26.8. The van der Waals surface area contributed by atoms with Gasteiger partial charge in [-0.15, -0.1) is 0 Å². The maximum atomic E-state index is 12.5. The molecule has 2 fully saturated rings. The molecular formula is C20H27NO3. The average molecular weight is 329 g/mol. The lowest BCUT2D eigenvalue weighted by atomic mass is 9.86. The molecule has 2 saturated heterocycles. The van der Waals surface area contributed by atoms with Gasteiger partial charge in [0.25, 0.3) is 0 Å². The van der Waals surface area contributed by atoms with Gasteiger partial charge in [0.05, 0.1) is 0 Å². The second kappa shape index (κ2) is 6.58. The second-order valence-electron chi connectivity index (χ2n) is 8.10. The van der Waals surface area contributed by atoms with E-state index in [1.165, 1.54) is 0 Å². The van der Waals surface area contributed by atoms with E-state index in [1.54, 1.807) is 0 Å². The number of hydrogen-bond acceptors (Lipinski definition) is 3. The van der Waals surface area contributed by atoms with Crippen molar-refractivity contribution in [1.82, 2.24) is 4.90 Å². The van der Waals surface area contributed by atoms with Crippen molar-refractivity contribution >= 4 is 11.9 Å². The highest BCUT2D eigenvalue weighted by atomic mass is 16.6. The molecular weight excluding hydrogens is 302 g/mol. The van der Waals surface area contributed by atoms with Crippen LogP contribution in [0.1, 0.15) is 63.2 Å². The Bertz CT molecular complexity index is 591. The van der Waals surface area contributed by atoms with Crippen LogP contribution in [0.25, 0.3) is 0 Å². The molecule has 0 aliphatic carbocycles. The number of fused-ring (bicyclic) bond motifs is 2. The number of benzene rings is 1. The number of piperidine rings is 1. The fourth-order valence-electron chi connectivity index (χ4n) is 4.07. The molecule has 3 rings (SSSR count). The van der Waals surface area contributed by atoms with Crippen LogP contribution >= 0.6 is 0 Å². The molecule has 0 unspecified atom stereocenters. The van der Waals surface area contributed by atoms with E-state index < -0.39 is 5.60 Å². The Kier molecular flexibility index (Phi) is 4.66. The van der Waals surface area contributed by atoms with Crippen LogP contribution in [-0.2, 0) is 4.74 Å². The van der Waals surface area contributed by atoms with Gasteiger partial charge in [-0.25, -0.2) is 4.79 Å². The van der Waals surface area contributed by atoms with Gasteiger partial charge in [-0.3, -0.25) is 4.79 Å². The molecule has 0 spiro atoms. The fraction of sp³-hybridized carbons (Fsp3) is 0.600. The van der Waals surface area contributed by atoms with Crippen LogP contribution in [0.4, 0.5) is 4.79 Å². The summed E-state index contributed by atoms with van der Waals surface area (Å²) in [5.74, 6) is 0.583. The van der Waals surface area contributed by atoms with Gasteiger partial charge in [-0.1, -0.05) is 30.3 Å². The fourth-order valence-corrected chi connectivity index (χ4v) is 4.07. The Balaban J connectivity index is 1.61. The molecule has 4 nitrogen and oxygen atoms in total. The van der Waals surface area contributed by atoms with E-state index in [2.05, 4.69) is 0 Å². The van der Waals surface area contributed by atoms with E-state index in [-0.39, 0.29) is 24.0 Å². The summed E-state index contributed by atoms with van der Waals surface area (Å²) >= 11 is 0. The first-order chi connectivity index (χ1) is 11.3. The molecule has 2 bridgehead atoms. The largest absolute Gasteiger partial charge is 0.444 e. The lowest BCUT2D eigenvalue weighted by Gasteiger charge is -2.39. The highest BCUT2D eigenvalue weighted by molar-refractivity contribution is 5.96. The molecule has 4 heteroatoms. The molecule has 1 amide bonds. The van der Waals surface area contributed by atoms with E-state index in [9.17, 15) is 9.59 Å². The van der Waals surface area contributed by atoms with Crippen LogP contribution in [0.3, 0.4) is 0 Å². The molecule has 2 heterocycles. The zero-order chi connectivity index (χ0) is 17.3. The molecule has 1 aromatic rings. The molecule has 130 valence electrons. The number of carbonyl (C=O) groups is 2. The second-order valence-corrected chi connectivity index (χ2v) is 8.10. The van der Waals surface area contributed by atoms with Crippen LogP contribution in [0.15, 0.2) is 30.3 Å². The van der Waals surface area contributed by atoms with Gasteiger partial charge in [0, 0.05) is 24.1 Å². The van der Waals surface area contributed by atoms with Gasteiger partial charge >= 0.3 is 6.09 Å². The minimum absolute atomic E-state index is 0.192. The SMILES string of the molecule is CC(C)(C)OC(=O)N1[C@@H]2CC[C@@H]1CC(CC(=O)c1ccccc1)C2. The summed E-state index contributed by atoms with van der Waals surface area (Å²) in [6, 6.07) is 9.96. The van der Waals surface area contributed by atoms with Crippen molar-refractivity contribution in [3.63, 3.8) is 0 Å². The van der Waals surface area contributed by atoms with Crippen molar-refractivity contribution in [3.8, 4) is 0 Å². The summed E-state index contributed by atoms with van der Waals surface area (Å²) < 4.78 is 5.56. The average Bonchev–Trinajstić information content (AvgIpc) is 2.78. The van der Waals surface area contributed by atoms with Crippen LogP contribution in [0.2, 0.25) is 0 Å². The summed E-state index contributed by atoms with van der Waals surface area (Å²) in [5, 5.41) is 0. The van der Waals surface area contributed by atoms with E-state index in [0.29, 0.717) is 12.3 Å². The number of Topliss-reactive ketones (excluding diaryl/α,β-unsaturated/α-hetero) is 1. The standard InChI is InChI=1S/C20H27NO3/c1-20(2,3)24-19(23)21-16-9-10-17(21)12-14(11-16)13-18(22)15-7-5-4-6-8-15/h4-8,14,16-17H,9-13H2,1-3H3/t16-,17-/m1/s1. The lowest BCUT2D eigenvalue weighted by Crippen LogP contribution is -2.48. The monoisotopic (exact) mass is 329 g/mol. The predicted octanol–water partition coefficient (Wildman–Crippen LogP) is 4.44. The third-order valence-electron chi connectivity index (χ3n) is 5.00. The Morgan fingerprint density at radius 2 is 1.67 bits per heavy atom. The summed E-state index contributed by atoms with van der Waals surface area (Å²) in [6.45, 7) is 5.70. The number of ether oxygens (including phenoxy) is 1. The molecule has 2 aliphatic heterocycles. The minimum atomic E-state index is -0.462. The Morgan fingerprint density at radius 1 is 1.08 bits per heavy atom. The number of ketones is 1. The van der Waals surface area contributed by atoms with Crippen molar-refractivity contribution in [3.05, 3.63) is 35.9 Å². The van der Waals surface area contributed by atoms with Gasteiger partial charge in [0.2, 0.25) is 0 Å². The molecule has 2 atom stereocenters. The Morgan fingerprint density at radius 3 is 2.21 bits per heavy atom. The molecule has 24 heavy (non-hydrogen) atoms. The van der Waals surface area contributed by atoms with E-state index in [1.807, 2.05) is 56.0 Å². The smallest absolute Gasteiger partial charge is 0.410 e. The van der Waals surface area contributed by atoms with Gasteiger partial charge in [-0.05, 0) is 52.4 Å². The molecule has 0 saturated carbocycles. The molecule has 0 radical (unpaired) electrons. The molecule has 0 aromatic heterocycles. The predicted molar refractivity (Wildman–Crippen MR) is 93.0 cm³/mol. The van der Waals surface area contributed by atoms with Crippen molar-refractivity contribution in [2.75, 3.05) is 0 Å². The van der Waals surface area contributed by atoms with Crippen LogP contribution in [-0.4, -0.2) is 34.5 Å². The third-order valence-corrected chi connectivity index (χ3v) is 5.00. The van der Waals surface area contributed by atoms with Gasteiger partial charge in [0.1, 0.15) is 5.60 Å². The van der Waals surface area contributed by atoms with Crippen molar-refractivity contribution < 1.29 is 14.3 Å². The first kappa shape index (κ1) is 17.0. The Labute approximate surface area is 144 Å². The maximum Gasteiger partial charge on any atom is 0.410 e. The van der Waals surface area contributed by atoms with Crippen molar-refractivity contribution in [2.45, 2.75) is 70.6 Å². The number of nitrogens with zero attached hydrogens (tertiary/aromatic N) is 1. The summed E-state index contributed by atoms with van der Waals surface area (Å²) in [5.41, 5.74) is 0.329. The first-order valence-electron chi connectivity index (χ1n) is 8.93. The number of carbonyl (C=O) groups excluding carboxylic acids is 2. The van der Waals surface area contributed by atoms with E-state index in [0.717, 1.165) is 31.2 Å². The highest BCUT2D eigenvalue weighted by Crippen LogP contribution is 2.41. The normalized spacial score (nSPS) is 26.3. The zero-order valence-electron chi connectivity index (χ0n) is 14.8. The van der Waals surface area contributed by atoms with Crippen molar-refractivity contribution in [2.24, 2.45) is 5.92 Å². The summed E-state index contributed by atoms with van der Waals surface area (Å²) in [7, 11) is 0. The first-order valence-corrected chi connectivity index (χ1v) is 8.93. The molecule has 1 aromatic carbocycles. The summed E-state index contributed by atoms with van der Waals surface area (Å²) in [6.07, 6.45) is 4.27. The van der Waals surface area contributed by atoms with Crippen LogP contribution in [0.5, 0.6) is 0 Å². The maximum absolute atomic E-state index is 12.5. The van der Waals surface area contributed by atoms with Gasteiger partial charge in [-0.2, -0.15) is 0 Å². The number of amides is 1. The highest BCUT2D eigenvalue weighted by Gasteiger charge is 2.45. The molecule has 2 aliphatic rings.